The first-order valence-electron chi connectivity index (χ1n) is 15.9. The number of benzene rings is 3. The molecule has 44 heavy (non-hydrogen) atoms. The summed E-state index contributed by atoms with van der Waals surface area (Å²) < 4.78 is 10.9. The maximum Gasteiger partial charge on any atom is 0.302 e. The van der Waals surface area contributed by atoms with Crippen molar-refractivity contribution < 1.29 is 24.2 Å². The summed E-state index contributed by atoms with van der Waals surface area (Å²) in [5, 5.41) is 11.6. The van der Waals surface area contributed by atoms with Gasteiger partial charge in [0.25, 0.3) is 0 Å². The molecule has 1 amide bonds. The van der Waals surface area contributed by atoms with Crippen LogP contribution in [0.15, 0.2) is 84.9 Å². The molecule has 0 radical (unpaired) electrons. The smallest absolute Gasteiger partial charge is 0.302 e. The predicted molar refractivity (Wildman–Crippen MR) is 174 cm³/mol. The number of amides is 1. The third-order valence-corrected chi connectivity index (χ3v) is 8.80. The Morgan fingerprint density at radius 3 is 1.89 bits per heavy atom. The standard InChI is InChI=1S/C37H48N2O5/c1-30(40)43-28-12-4-5-13-29-44-34-20-18-31(19-21-34)36(42)22-25-39(26-23-36)27-24-37(35(41)38(2)3,32-14-8-6-9-15-32)33-16-10-7-11-17-33/h6-11,14-21,42H,4-5,12-13,22-29H2,1-3H3. The van der Waals surface area contributed by atoms with Gasteiger partial charge >= 0.3 is 5.97 Å². The average molecular weight is 601 g/mol. The van der Waals surface area contributed by atoms with E-state index in [1.807, 2.05) is 74.8 Å². The number of unbranched alkanes of at least 4 members (excludes halogenated alkanes) is 3. The molecule has 0 bridgehead atoms. The van der Waals surface area contributed by atoms with Crippen molar-refractivity contribution in [2.75, 3.05) is 46.9 Å². The largest absolute Gasteiger partial charge is 0.494 e. The number of likely N-dealkylation sites (N-methyl/N-ethyl adjacent to an activating group) is 1. The molecule has 1 N–H and O–H groups in total. The van der Waals surface area contributed by atoms with Crippen molar-refractivity contribution in [3.05, 3.63) is 102 Å². The molecule has 0 atom stereocenters. The Kier molecular flexibility index (Phi) is 12.0. The monoisotopic (exact) mass is 600 g/mol. The van der Waals surface area contributed by atoms with Crippen LogP contribution in [0.1, 0.15) is 68.6 Å². The molecule has 0 aromatic heterocycles. The van der Waals surface area contributed by atoms with Gasteiger partial charge < -0.3 is 24.4 Å². The zero-order valence-corrected chi connectivity index (χ0v) is 26.5. The Morgan fingerprint density at radius 2 is 1.36 bits per heavy atom. The van der Waals surface area contributed by atoms with Crippen LogP contribution in [0, 0.1) is 0 Å². The fourth-order valence-corrected chi connectivity index (χ4v) is 6.22. The molecule has 1 heterocycles. The molecule has 0 spiro atoms. The molecule has 1 fully saturated rings. The SMILES string of the molecule is CC(=O)OCCCCCCOc1ccc(C2(O)CCN(CCC(C(=O)N(C)C)(c3ccccc3)c3ccccc3)CC2)cc1. The summed E-state index contributed by atoms with van der Waals surface area (Å²) in [6.45, 7) is 4.80. The fraction of sp³-hybridized carbons (Fsp3) is 0.459. The zero-order chi connectivity index (χ0) is 31.4. The third-order valence-electron chi connectivity index (χ3n) is 8.80. The first-order valence-corrected chi connectivity index (χ1v) is 15.9. The van der Waals surface area contributed by atoms with Gasteiger partial charge in [-0.2, -0.15) is 0 Å². The Bertz CT molecular complexity index is 1260. The van der Waals surface area contributed by atoms with Crippen LogP contribution in [0.3, 0.4) is 0 Å². The minimum Gasteiger partial charge on any atom is -0.494 e. The van der Waals surface area contributed by atoms with E-state index in [4.69, 9.17) is 9.47 Å². The Labute approximate surface area is 262 Å². The summed E-state index contributed by atoms with van der Waals surface area (Å²) in [5.74, 6) is 0.650. The number of aliphatic hydroxyl groups is 1. The Hall–Kier alpha value is -3.68. The molecule has 4 rings (SSSR count). The Balaban J connectivity index is 1.32. The minimum atomic E-state index is -0.883. The summed E-state index contributed by atoms with van der Waals surface area (Å²) in [6, 6.07) is 28.1. The van der Waals surface area contributed by atoms with Gasteiger partial charge in [0.2, 0.25) is 5.91 Å². The molecule has 236 valence electrons. The molecule has 3 aromatic carbocycles. The molecule has 7 heteroatoms. The quantitative estimate of drug-likeness (QED) is 0.172. The molecule has 3 aromatic rings. The van der Waals surface area contributed by atoms with E-state index < -0.39 is 11.0 Å². The first kappa shape index (κ1) is 33.2. The maximum absolute atomic E-state index is 14.0. The normalized spacial score (nSPS) is 15.0. The maximum atomic E-state index is 14.0. The van der Waals surface area contributed by atoms with E-state index in [0.29, 0.717) is 32.5 Å². The second kappa shape index (κ2) is 15.9. The molecule has 7 nitrogen and oxygen atoms in total. The van der Waals surface area contributed by atoms with E-state index in [1.54, 1.807) is 4.90 Å². The third kappa shape index (κ3) is 8.48. The number of rotatable bonds is 15. The molecule has 0 aliphatic carbocycles. The van der Waals surface area contributed by atoms with Crippen molar-refractivity contribution in [1.82, 2.24) is 9.80 Å². The molecule has 0 unspecified atom stereocenters. The van der Waals surface area contributed by atoms with Crippen LogP contribution in [0.25, 0.3) is 0 Å². The Morgan fingerprint density at radius 1 is 0.818 bits per heavy atom. The topological polar surface area (TPSA) is 79.3 Å². The highest BCUT2D eigenvalue weighted by atomic mass is 16.5. The molecular weight excluding hydrogens is 552 g/mol. The second-order valence-electron chi connectivity index (χ2n) is 12.1. The van der Waals surface area contributed by atoms with E-state index in [9.17, 15) is 14.7 Å². The van der Waals surface area contributed by atoms with Crippen molar-refractivity contribution >= 4 is 11.9 Å². The van der Waals surface area contributed by atoms with E-state index >= 15 is 0 Å². The van der Waals surface area contributed by atoms with E-state index in [1.165, 1.54) is 6.92 Å². The number of carbonyl (C=O) groups is 2. The highest BCUT2D eigenvalue weighted by molar-refractivity contribution is 5.92. The van der Waals surface area contributed by atoms with Crippen molar-refractivity contribution in [3.8, 4) is 5.75 Å². The van der Waals surface area contributed by atoms with Crippen LogP contribution in [0.2, 0.25) is 0 Å². The number of ether oxygens (including phenoxy) is 2. The summed E-state index contributed by atoms with van der Waals surface area (Å²) in [5.41, 5.74) is 1.24. The number of likely N-dealkylation sites (tertiary alicyclic amines) is 1. The fourth-order valence-electron chi connectivity index (χ4n) is 6.22. The lowest BCUT2D eigenvalue weighted by molar-refractivity contribution is -0.141. The summed E-state index contributed by atoms with van der Waals surface area (Å²) in [4.78, 5) is 28.8. The van der Waals surface area contributed by atoms with Crippen LogP contribution in [0.4, 0.5) is 0 Å². The van der Waals surface area contributed by atoms with Crippen LogP contribution >= 0.6 is 0 Å². The highest BCUT2D eigenvalue weighted by Crippen LogP contribution is 2.39. The number of hydrogen-bond acceptors (Lipinski definition) is 6. The van der Waals surface area contributed by atoms with Crippen molar-refractivity contribution in [3.63, 3.8) is 0 Å². The van der Waals surface area contributed by atoms with Gasteiger partial charge in [-0.25, -0.2) is 0 Å². The van der Waals surface area contributed by atoms with Gasteiger partial charge in [0, 0.05) is 34.1 Å². The predicted octanol–water partition coefficient (Wildman–Crippen LogP) is 5.94. The van der Waals surface area contributed by atoms with Gasteiger partial charge in [0.15, 0.2) is 0 Å². The minimum absolute atomic E-state index is 0.0741. The van der Waals surface area contributed by atoms with Gasteiger partial charge in [-0.05, 0) is 80.3 Å². The molecule has 0 saturated carbocycles. The van der Waals surface area contributed by atoms with E-state index in [2.05, 4.69) is 29.2 Å². The zero-order valence-electron chi connectivity index (χ0n) is 26.5. The van der Waals surface area contributed by atoms with Crippen molar-refractivity contribution in [1.29, 1.82) is 0 Å². The van der Waals surface area contributed by atoms with Gasteiger partial charge in [-0.15, -0.1) is 0 Å². The van der Waals surface area contributed by atoms with Crippen LogP contribution in [0.5, 0.6) is 5.75 Å². The number of nitrogens with zero attached hydrogens (tertiary/aromatic N) is 2. The van der Waals surface area contributed by atoms with E-state index in [0.717, 1.165) is 67.8 Å². The highest BCUT2D eigenvalue weighted by Gasteiger charge is 2.43. The molecule has 1 aliphatic rings. The number of carbonyl (C=O) groups excluding carboxylic acids is 2. The van der Waals surface area contributed by atoms with Gasteiger partial charge in [-0.1, -0.05) is 72.8 Å². The average Bonchev–Trinajstić information content (AvgIpc) is 3.04. The number of hydrogen-bond donors (Lipinski definition) is 1. The van der Waals surface area contributed by atoms with Gasteiger partial charge in [-0.3, -0.25) is 9.59 Å². The lowest BCUT2D eigenvalue weighted by Gasteiger charge is -2.41. The van der Waals surface area contributed by atoms with Crippen LogP contribution in [-0.4, -0.2) is 73.7 Å². The summed E-state index contributed by atoms with van der Waals surface area (Å²) >= 11 is 0. The first-order chi connectivity index (χ1) is 21.2. The molecular formula is C37H48N2O5. The van der Waals surface area contributed by atoms with Crippen molar-refractivity contribution in [2.24, 2.45) is 0 Å². The number of esters is 1. The lowest BCUT2D eigenvalue weighted by atomic mass is 9.70. The lowest BCUT2D eigenvalue weighted by Crippen LogP contribution is -2.48. The van der Waals surface area contributed by atoms with E-state index in [-0.39, 0.29) is 11.9 Å². The van der Waals surface area contributed by atoms with Gasteiger partial charge in [0.05, 0.1) is 18.8 Å². The van der Waals surface area contributed by atoms with Crippen molar-refractivity contribution in [2.45, 2.75) is 62.9 Å². The van der Waals surface area contributed by atoms with Crippen LogP contribution < -0.4 is 4.74 Å². The van der Waals surface area contributed by atoms with Gasteiger partial charge in [0.1, 0.15) is 11.2 Å². The second-order valence-corrected chi connectivity index (χ2v) is 12.1. The number of piperidine rings is 1. The summed E-state index contributed by atoms with van der Waals surface area (Å²) in [6.07, 6.45) is 5.76. The summed E-state index contributed by atoms with van der Waals surface area (Å²) in [7, 11) is 3.66. The molecule has 1 saturated heterocycles. The molecule has 1 aliphatic heterocycles. The van der Waals surface area contributed by atoms with Crippen LogP contribution in [-0.2, 0) is 25.3 Å².